The van der Waals surface area contributed by atoms with Gasteiger partial charge in [-0.25, -0.2) is 4.39 Å². The van der Waals surface area contributed by atoms with E-state index in [-0.39, 0.29) is 11.3 Å². The second-order valence-corrected chi connectivity index (χ2v) is 11.6. The number of alkyl halides is 1. The van der Waals surface area contributed by atoms with Gasteiger partial charge in [-0.05, 0) is 67.1 Å². The third-order valence-electron chi connectivity index (χ3n) is 8.80. The molecule has 1 unspecified atom stereocenters. The molecule has 7 nitrogen and oxygen atoms in total. The lowest BCUT2D eigenvalue weighted by Gasteiger charge is -2.34. The van der Waals surface area contributed by atoms with Gasteiger partial charge in [0, 0.05) is 47.7 Å². The molecule has 0 N–H and O–H groups in total. The number of para-hydroxylation sites is 1. The Labute approximate surface area is 251 Å². The van der Waals surface area contributed by atoms with E-state index >= 15 is 0 Å². The molecule has 1 fully saturated rings. The standard InChI is InChI=1S/C35H36FN5O2/c1-23(2)35(3,27-12-9-24(10-13-27)26-19-29(42-4)22-37-20-26)32-14-11-25(21-38-32)33-39-34(43-40-33)30-7-5-6-8-31(30)41-17-15-28(36)16-18-41/h5-14,19-23,28H,15-18H2,1-4H3. The van der Waals surface area contributed by atoms with Crippen molar-refractivity contribution in [2.75, 3.05) is 25.1 Å². The molecular formula is C35H36FN5O2. The summed E-state index contributed by atoms with van der Waals surface area (Å²) in [6, 6.07) is 22.6. The van der Waals surface area contributed by atoms with Gasteiger partial charge in [-0.1, -0.05) is 55.4 Å². The first-order valence-electron chi connectivity index (χ1n) is 14.8. The minimum Gasteiger partial charge on any atom is -0.495 e. The van der Waals surface area contributed by atoms with Gasteiger partial charge in [0.25, 0.3) is 5.89 Å². The van der Waals surface area contributed by atoms with Crippen molar-refractivity contribution in [3.8, 4) is 39.7 Å². The Hall–Kier alpha value is -4.59. The predicted molar refractivity (Wildman–Crippen MR) is 167 cm³/mol. The maximum Gasteiger partial charge on any atom is 0.260 e. The van der Waals surface area contributed by atoms with Crippen molar-refractivity contribution in [3.63, 3.8) is 0 Å². The molecule has 2 aromatic carbocycles. The Balaban J connectivity index is 1.25. The van der Waals surface area contributed by atoms with E-state index in [4.69, 9.17) is 19.2 Å². The van der Waals surface area contributed by atoms with Gasteiger partial charge in [0.05, 0.1) is 24.6 Å². The fourth-order valence-electron chi connectivity index (χ4n) is 5.78. The zero-order chi connectivity index (χ0) is 30.0. The van der Waals surface area contributed by atoms with E-state index in [0.717, 1.165) is 39.4 Å². The summed E-state index contributed by atoms with van der Waals surface area (Å²) >= 11 is 0. The number of aromatic nitrogens is 4. The fourth-order valence-corrected chi connectivity index (χ4v) is 5.78. The third kappa shape index (κ3) is 5.61. The molecule has 1 atom stereocenters. The highest BCUT2D eigenvalue weighted by Gasteiger charge is 2.34. The normalized spacial score (nSPS) is 15.4. The topological polar surface area (TPSA) is 77.2 Å². The Morgan fingerprint density at radius 1 is 0.930 bits per heavy atom. The zero-order valence-electron chi connectivity index (χ0n) is 25.0. The molecule has 0 amide bonds. The number of pyridine rings is 2. The van der Waals surface area contributed by atoms with Crippen molar-refractivity contribution in [2.24, 2.45) is 5.92 Å². The minimum absolute atomic E-state index is 0.283. The van der Waals surface area contributed by atoms with Crippen LogP contribution < -0.4 is 9.64 Å². The molecule has 0 aliphatic carbocycles. The van der Waals surface area contributed by atoms with Gasteiger partial charge in [0.1, 0.15) is 11.9 Å². The van der Waals surface area contributed by atoms with Gasteiger partial charge in [0.2, 0.25) is 5.82 Å². The molecule has 0 radical (unpaired) electrons. The van der Waals surface area contributed by atoms with Crippen molar-refractivity contribution < 1.29 is 13.7 Å². The van der Waals surface area contributed by atoms with E-state index < -0.39 is 6.17 Å². The van der Waals surface area contributed by atoms with E-state index in [2.05, 4.69) is 66.1 Å². The molecule has 0 spiro atoms. The number of piperidine rings is 1. The van der Waals surface area contributed by atoms with Crippen molar-refractivity contribution in [1.29, 1.82) is 0 Å². The Morgan fingerprint density at radius 2 is 1.67 bits per heavy atom. The second-order valence-electron chi connectivity index (χ2n) is 11.6. The summed E-state index contributed by atoms with van der Waals surface area (Å²) < 4.78 is 24.8. The van der Waals surface area contributed by atoms with Crippen LogP contribution in [0.3, 0.4) is 0 Å². The molecule has 0 saturated carbocycles. The summed E-state index contributed by atoms with van der Waals surface area (Å²) in [5.74, 6) is 1.93. The van der Waals surface area contributed by atoms with Crippen molar-refractivity contribution in [3.05, 3.63) is 96.6 Å². The van der Waals surface area contributed by atoms with Gasteiger partial charge in [-0.15, -0.1) is 0 Å². The van der Waals surface area contributed by atoms with E-state index in [1.807, 2.05) is 48.8 Å². The van der Waals surface area contributed by atoms with Crippen molar-refractivity contribution in [2.45, 2.75) is 45.2 Å². The zero-order valence-corrected chi connectivity index (χ0v) is 25.0. The molecule has 3 aromatic heterocycles. The second kappa shape index (κ2) is 12.0. The SMILES string of the molecule is COc1cncc(-c2ccc(C(C)(c3ccc(-c4noc(-c5ccccc5N5CCC(F)CC5)n4)cn3)C(C)C)cc2)c1. The average Bonchev–Trinajstić information content (AvgIpc) is 3.55. The van der Waals surface area contributed by atoms with Crippen LogP contribution in [0.15, 0.2) is 89.8 Å². The van der Waals surface area contributed by atoms with Gasteiger partial charge in [-0.3, -0.25) is 9.97 Å². The van der Waals surface area contributed by atoms with E-state index in [9.17, 15) is 4.39 Å². The number of anilines is 1. The van der Waals surface area contributed by atoms with Crippen LogP contribution >= 0.6 is 0 Å². The molecule has 8 heteroatoms. The molecule has 6 rings (SSSR count). The molecular weight excluding hydrogens is 541 g/mol. The first-order valence-corrected chi connectivity index (χ1v) is 14.8. The monoisotopic (exact) mass is 577 g/mol. The number of rotatable bonds is 8. The number of hydrogen-bond donors (Lipinski definition) is 0. The maximum absolute atomic E-state index is 13.8. The fraction of sp³-hybridized carbons (Fsp3) is 0.314. The number of benzene rings is 2. The Kier molecular flexibility index (Phi) is 7.93. The minimum atomic E-state index is -0.734. The summed E-state index contributed by atoms with van der Waals surface area (Å²) in [7, 11) is 1.65. The molecule has 220 valence electrons. The number of methoxy groups -OCH3 is 1. The molecule has 5 aromatic rings. The number of nitrogens with zero attached hydrogens (tertiary/aromatic N) is 5. The lowest BCUT2D eigenvalue weighted by Crippen LogP contribution is -2.34. The lowest BCUT2D eigenvalue weighted by molar-refractivity contribution is 0.277. The summed E-state index contributed by atoms with van der Waals surface area (Å²) in [6.45, 7) is 8.00. The first-order chi connectivity index (χ1) is 20.9. The number of halogens is 1. The summed E-state index contributed by atoms with van der Waals surface area (Å²) in [5, 5.41) is 4.28. The number of ether oxygens (including phenoxy) is 1. The highest BCUT2D eigenvalue weighted by atomic mass is 19.1. The third-order valence-corrected chi connectivity index (χ3v) is 8.80. The van der Waals surface area contributed by atoms with Crippen LogP contribution in [-0.2, 0) is 5.41 Å². The van der Waals surface area contributed by atoms with Gasteiger partial charge >= 0.3 is 0 Å². The average molecular weight is 578 g/mol. The largest absolute Gasteiger partial charge is 0.495 e. The van der Waals surface area contributed by atoms with Gasteiger partial charge in [0.15, 0.2) is 0 Å². The van der Waals surface area contributed by atoms with Crippen LogP contribution in [0.5, 0.6) is 5.75 Å². The number of hydrogen-bond acceptors (Lipinski definition) is 7. The summed E-state index contributed by atoms with van der Waals surface area (Å²) in [4.78, 5) is 16.1. The van der Waals surface area contributed by atoms with E-state index in [0.29, 0.717) is 37.6 Å². The van der Waals surface area contributed by atoms with Crippen LogP contribution in [0, 0.1) is 5.92 Å². The van der Waals surface area contributed by atoms with Gasteiger partial charge in [-0.2, -0.15) is 4.98 Å². The Bertz CT molecular complexity index is 1680. The smallest absolute Gasteiger partial charge is 0.260 e. The van der Waals surface area contributed by atoms with Crippen molar-refractivity contribution >= 4 is 5.69 Å². The van der Waals surface area contributed by atoms with Crippen molar-refractivity contribution in [1.82, 2.24) is 20.1 Å². The van der Waals surface area contributed by atoms with Crippen LogP contribution in [0.2, 0.25) is 0 Å². The predicted octanol–water partition coefficient (Wildman–Crippen LogP) is 7.77. The molecule has 4 heterocycles. The lowest BCUT2D eigenvalue weighted by atomic mass is 9.70. The highest BCUT2D eigenvalue weighted by Crippen LogP contribution is 2.39. The highest BCUT2D eigenvalue weighted by molar-refractivity contribution is 5.74. The summed E-state index contributed by atoms with van der Waals surface area (Å²) in [5.41, 5.74) is 6.52. The molecule has 43 heavy (non-hydrogen) atoms. The molecule has 1 aliphatic heterocycles. The molecule has 1 aliphatic rings. The molecule has 1 saturated heterocycles. The first kappa shape index (κ1) is 28.5. The van der Waals surface area contributed by atoms with Gasteiger partial charge < -0.3 is 14.2 Å². The quantitative estimate of drug-likeness (QED) is 0.186. The van der Waals surface area contributed by atoms with Crippen LogP contribution in [0.4, 0.5) is 10.1 Å². The maximum atomic E-state index is 13.8. The van der Waals surface area contributed by atoms with Crippen LogP contribution in [0.25, 0.3) is 34.0 Å². The summed E-state index contributed by atoms with van der Waals surface area (Å²) in [6.07, 6.45) is 5.69. The molecule has 0 bridgehead atoms. The van der Waals surface area contributed by atoms with E-state index in [1.54, 1.807) is 13.3 Å². The Morgan fingerprint density at radius 3 is 2.37 bits per heavy atom. The van der Waals surface area contributed by atoms with Crippen LogP contribution in [-0.4, -0.2) is 46.5 Å². The van der Waals surface area contributed by atoms with Crippen LogP contribution in [0.1, 0.15) is 44.9 Å². The van der Waals surface area contributed by atoms with E-state index in [1.165, 1.54) is 5.56 Å².